The molecule has 0 fully saturated rings. The van der Waals surface area contributed by atoms with E-state index in [2.05, 4.69) is 50.4 Å². The van der Waals surface area contributed by atoms with Crippen LogP contribution in [0.4, 0.5) is 0 Å². The van der Waals surface area contributed by atoms with Crippen LogP contribution >= 0.6 is 7.82 Å². The largest absolute Gasteiger partial charge is 0.756 e. The molecule has 11 heteroatoms. The van der Waals surface area contributed by atoms with Crippen molar-refractivity contribution in [3.05, 3.63) is 24.3 Å². The predicted octanol–water partition coefficient (Wildman–Crippen LogP) is 13.5. The van der Waals surface area contributed by atoms with Crippen molar-refractivity contribution in [2.45, 2.75) is 245 Å². The molecule has 0 saturated carbocycles. The Kier molecular flexibility index (Phi) is 43.5. The number of hydrogen-bond acceptors (Lipinski definition) is 9. The third kappa shape index (κ3) is 44.1. The first-order valence-corrected chi connectivity index (χ1v) is 26.2. The Morgan fingerprint density at radius 3 is 1.45 bits per heavy atom. The third-order valence-corrected chi connectivity index (χ3v) is 11.6. The molecule has 0 aromatic heterocycles. The Labute approximate surface area is 368 Å². The summed E-state index contributed by atoms with van der Waals surface area (Å²) in [5, 5.41) is 2.68. The lowest BCUT2D eigenvalue weighted by atomic mass is 10.0. The standard InChI is InChI=1S/C49H92NO9P/c1-4-7-10-13-16-18-20-22-23-25-27-29-32-35-38-41-49(53)59-46(44-56-48(52)40-37-34-31-28-26-24-21-19-17-14-11-8-5-2)45-58-60(54,55)57-43-42-50-47(51)39-36-33-30-15-12-9-6-3/h16,18,22-23,46H,4-15,17,19-21,24-45H2,1-3H3,(H,50,51)(H,54,55)/p-1/b18-16-,23-22-/t46-/m1/s1. The number of unbranched alkanes of at least 4 members (excludes halogenated alkanes) is 26. The minimum Gasteiger partial charge on any atom is -0.756 e. The molecule has 352 valence electrons. The third-order valence-electron chi connectivity index (χ3n) is 10.6. The molecule has 0 aromatic carbocycles. The van der Waals surface area contributed by atoms with E-state index < -0.39 is 32.5 Å². The average Bonchev–Trinajstić information content (AvgIpc) is 3.23. The Morgan fingerprint density at radius 2 is 0.933 bits per heavy atom. The van der Waals surface area contributed by atoms with Gasteiger partial charge in [0.05, 0.1) is 13.2 Å². The van der Waals surface area contributed by atoms with Gasteiger partial charge in [-0.2, -0.15) is 0 Å². The molecule has 0 heterocycles. The van der Waals surface area contributed by atoms with E-state index in [4.69, 9.17) is 18.5 Å². The van der Waals surface area contributed by atoms with E-state index in [1.165, 1.54) is 103 Å². The predicted molar refractivity (Wildman–Crippen MR) is 246 cm³/mol. The fraction of sp³-hybridized carbons (Fsp3) is 0.857. The first-order valence-electron chi connectivity index (χ1n) is 24.8. The lowest BCUT2D eigenvalue weighted by Crippen LogP contribution is -2.31. The van der Waals surface area contributed by atoms with E-state index >= 15 is 0 Å². The molecule has 60 heavy (non-hydrogen) atoms. The maximum Gasteiger partial charge on any atom is 0.306 e. The Hall–Kier alpha value is -2.00. The molecule has 0 bridgehead atoms. The van der Waals surface area contributed by atoms with E-state index in [1.807, 2.05) is 0 Å². The van der Waals surface area contributed by atoms with Crippen molar-refractivity contribution >= 4 is 25.7 Å². The fourth-order valence-electron chi connectivity index (χ4n) is 6.88. The number of esters is 2. The number of hydrogen-bond donors (Lipinski definition) is 1. The second kappa shape index (κ2) is 45.0. The van der Waals surface area contributed by atoms with Gasteiger partial charge in [-0.3, -0.25) is 18.9 Å². The van der Waals surface area contributed by atoms with E-state index in [0.717, 1.165) is 83.5 Å². The minimum atomic E-state index is -4.78. The summed E-state index contributed by atoms with van der Waals surface area (Å²) in [5.41, 5.74) is 0. The SMILES string of the molecule is CCCCC/C=C\C/C=C\CCCCCCCC(=O)O[C@H](COC(=O)CCCCCCCCCCCCCCC)COP(=O)([O-])OCCNC(=O)CCCCCCCCC. The molecule has 1 amide bonds. The van der Waals surface area contributed by atoms with Gasteiger partial charge in [0.2, 0.25) is 5.91 Å². The second-order valence-electron chi connectivity index (χ2n) is 16.6. The molecule has 0 spiro atoms. The van der Waals surface area contributed by atoms with Crippen molar-refractivity contribution in [2.24, 2.45) is 0 Å². The molecule has 0 radical (unpaired) electrons. The zero-order valence-corrected chi connectivity index (χ0v) is 39.8. The van der Waals surface area contributed by atoms with Crippen LogP contribution in [0.2, 0.25) is 0 Å². The van der Waals surface area contributed by atoms with Gasteiger partial charge < -0.3 is 28.7 Å². The highest BCUT2D eigenvalue weighted by molar-refractivity contribution is 7.45. The molecule has 0 rings (SSSR count). The topological polar surface area (TPSA) is 140 Å². The molecule has 0 aliphatic carbocycles. The van der Waals surface area contributed by atoms with Crippen LogP contribution in [0.3, 0.4) is 0 Å². The van der Waals surface area contributed by atoms with Crippen LogP contribution in [0.15, 0.2) is 24.3 Å². The molecule has 0 aliphatic rings. The summed E-state index contributed by atoms with van der Waals surface area (Å²) >= 11 is 0. The van der Waals surface area contributed by atoms with Gasteiger partial charge in [0, 0.05) is 25.8 Å². The minimum absolute atomic E-state index is 0.0215. The summed E-state index contributed by atoms with van der Waals surface area (Å²) in [4.78, 5) is 49.9. The first-order chi connectivity index (χ1) is 29.2. The molecule has 1 N–H and O–H groups in total. The van der Waals surface area contributed by atoms with Crippen molar-refractivity contribution in [3.8, 4) is 0 Å². The molecule has 0 saturated heterocycles. The molecule has 0 aliphatic heterocycles. The van der Waals surface area contributed by atoms with Crippen molar-refractivity contribution < 1.29 is 42.4 Å². The highest BCUT2D eigenvalue weighted by Gasteiger charge is 2.21. The maximum absolute atomic E-state index is 12.7. The summed E-state index contributed by atoms with van der Waals surface area (Å²) in [6, 6.07) is 0. The summed E-state index contributed by atoms with van der Waals surface area (Å²) in [5.74, 6) is -1.06. The van der Waals surface area contributed by atoms with Crippen molar-refractivity contribution in [3.63, 3.8) is 0 Å². The maximum atomic E-state index is 12.7. The molecule has 1 unspecified atom stereocenters. The monoisotopic (exact) mass is 869 g/mol. The summed E-state index contributed by atoms with van der Waals surface area (Å²) in [7, 11) is -4.78. The van der Waals surface area contributed by atoms with Crippen LogP contribution in [0.25, 0.3) is 0 Å². The Bertz CT molecular complexity index is 1100. The number of allylic oxidation sites excluding steroid dienone is 4. The van der Waals surface area contributed by atoms with Crippen LogP contribution < -0.4 is 10.2 Å². The Morgan fingerprint density at radius 1 is 0.517 bits per heavy atom. The molecule has 2 atom stereocenters. The van der Waals surface area contributed by atoms with Crippen LogP contribution in [0.5, 0.6) is 0 Å². The van der Waals surface area contributed by atoms with Gasteiger partial charge >= 0.3 is 11.9 Å². The fourth-order valence-corrected chi connectivity index (χ4v) is 7.62. The highest BCUT2D eigenvalue weighted by Crippen LogP contribution is 2.38. The number of phosphoric ester groups is 1. The zero-order chi connectivity index (χ0) is 44.0. The highest BCUT2D eigenvalue weighted by atomic mass is 31.2. The van der Waals surface area contributed by atoms with Gasteiger partial charge in [-0.05, 0) is 51.4 Å². The van der Waals surface area contributed by atoms with Gasteiger partial charge in [-0.1, -0.05) is 193 Å². The number of rotatable bonds is 46. The summed E-state index contributed by atoms with van der Waals surface area (Å²) < 4.78 is 33.5. The van der Waals surface area contributed by atoms with Crippen molar-refractivity contribution in [2.75, 3.05) is 26.4 Å². The molecular formula is C49H91NO9P-. The van der Waals surface area contributed by atoms with Crippen LogP contribution in [-0.4, -0.2) is 50.3 Å². The number of phosphoric acid groups is 1. The van der Waals surface area contributed by atoms with Crippen LogP contribution in [0, 0.1) is 0 Å². The van der Waals surface area contributed by atoms with Gasteiger partial charge in [0.25, 0.3) is 7.82 Å². The first kappa shape index (κ1) is 58.0. The second-order valence-corrected chi connectivity index (χ2v) is 18.0. The van der Waals surface area contributed by atoms with Gasteiger partial charge in [-0.25, -0.2) is 0 Å². The number of carbonyl (C=O) groups is 3. The zero-order valence-electron chi connectivity index (χ0n) is 38.9. The number of carbonyl (C=O) groups excluding carboxylic acids is 3. The van der Waals surface area contributed by atoms with Gasteiger partial charge in [0.15, 0.2) is 6.10 Å². The lowest BCUT2D eigenvalue weighted by Gasteiger charge is -2.25. The molecular weight excluding hydrogens is 778 g/mol. The average molecular weight is 869 g/mol. The van der Waals surface area contributed by atoms with E-state index in [-0.39, 0.29) is 38.5 Å². The van der Waals surface area contributed by atoms with Gasteiger partial charge in [-0.15, -0.1) is 0 Å². The van der Waals surface area contributed by atoms with E-state index in [0.29, 0.717) is 19.3 Å². The number of nitrogens with one attached hydrogen (secondary N) is 1. The Balaban J connectivity index is 4.56. The van der Waals surface area contributed by atoms with Crippen LogP contribution in [-0.2, 0) is 37.5 Å². The smallest absolute Gasteiger partial charge is 0.306 e. The van der Waals surface area contributed by atoms with Crippen LogP contribution in [0.1, 0.15) is 239 Å². The molecule has 10 nitrogen and oxygen atoms in total. The number of amides is 1. The summed E-state index contributed by atoms with van der Waals surface area (Å²) in [6.07, 6.45) is 43.9. The van der Waals surface area contributed by atoms with E-state index in [1.54, 1.807) is 0 Å². The van der Waals surface area contributed by atoms with Gasteiger partial charge in [0.1, 0.15) is 6.61 Å². The number of ether oxygens (including phenoxy) is 2. The quantitative estimate of drug-likeness (QED) is 0.0274. The van der Waals surface area contributed by atoms with Crippen molar-refractivity contribution in [1.29, 1.82) is 0 Å². The van der Waals surface area contributed by atoms with Crippen molar-refractivity contribution in [1.82, 2.24) is 5.32 Å². The molecule has 0 aromatic rings. The normalized spacial score (nSPS) is 13.2. The summed E-state index contributed by atoms with van der Waals surface area (Å²) in [6.45, 7) is 5.54. The lowest BCUT2D eigenvalue weighted by molar-refractivity contribution is -0.228. The van der Waals surface area contributed by atoms with E-state index in [9.17, 15) is 23.8 Å².